The van der Waals surface area contributed by atoms with Gasteiger partial charge in [0.2, 0.25) is 0 Å². The molecule has 2 atom stereocenters. The Balaban J connectivity index is 1.52. The first-order chi connectivity index (χ1) is 11.7. The molecule has 0 aliphatic carbocycles. The van der Waals surface area contributed by atoms with Crippen LogP contribution in [-0.2, 0) is 17.8 Å². The van der Waals surface area contributed by atoms with Crippen molar-refractivity contribution >= 4 is 0 Å². The van der Waals surface area contributed by atoms with Gasteiger partial charge in [-0.15, -0.1) is 0 Å². The van der Waals surface area contributed by atoms with Crippen LogP contribution in [0, 0.1) is 0 Å². The van der Waals surface area contributed by atoms with E-state index in [-0.39, 0.29) is 6.04 Å². The van der Waals surface area contributed by atoms with E-state index in [0.29, 0.717) is 19.8 Å². The van der Waals surface area contributed by atoms with Gasteiger partial charge in [0.05, 0.1) is 38.3 Å². The van der Waals surface area contributed by atoms with E-state index in [1.807, 2.05) is 42.3 Å². The number of nitrogens with zero attached hydrogens (tertiary/aromatic N) is 3. The Bertz CT molecular complexity index is 618. The fourth-order valence-corrected chi connectivity index (χ4v) is 2.96. The van der Waals surface area contributed by atoms with Crippen LogP contribution >= 0.6 is 0 Å². The van der Waals surface area contributed by atoms with Crippen molar-refractivity contribution in [2.24, 2.45) is 0 Å². The van der Waals surface area contributed by atoms with Gasteiger partial charge in [0.15, 0.2) is 0 Å². The second kappa shape index (κ2) is 8.28. The van der Waals surface area contributed by atoms with Crippen LogP contribution < -0.4 is 4.74 Å². The zero-order valence-electron chi connectivity index (χ0n) is 14.0. The Kier molecular flexibility index (Phi) is 5.85. The molecule has 0 unspecified atom stereocenters. The van der Waals surface area contributed by atoms with E-state index in [0.717, 1.165) is 30.8 Å². The smallest absolute Gasteiger partial charge is 0.123 e. The summed E-state index contributed by atoms with van der Waals surface area (Å²) in [6.45, 7) is 3.28. The van der Waals surface area contributed by atoms with Crippen LogP contribution in [0.5, 0.6) is 5.75 Å². The van der Waals surface area contributed by atoms with E-state index in [1.54, 1.807) is 6.20 Å². The van der Waals surface area contributed by atoms with Crippen molar-refractivity contribution in [3.05, 3.63) is 48.5 Å². The summed E-state index contributed by atoms with van der Waals surface area (Å²) in [4.78, 5) is 6.17. The van der Waals surface area contributed by atoms with Gasteiger partial charge in [0, 0.05) is 31.0 Å². The number of hydrogen-bond donors (Lipinski definition) is 1. The minimum absolute atomic E-state index is 0.0410. The molecule has 24 heavy (non-hydrogen) atoms. The van der Waals surface area contributed by atoms with Crippen molar-refractivity contribution in [1.29, 1.82) is 0 Å². The number of aromatic nitrogens is 2. The fourth-order valence-electron chi connectivity index (χ4n) is 2.96. The Labute approximate surface area is 142 Å². The maximum Gasteiger partial charge on any atom is 0.123 e. The van der Waals surface area contributed by atoms with Crippen LogP contribution in [0.3, 0.4) is 0 Å². The van der Waals surface area contributed by atoms with Crippen molar-refractivity contribution in [3.8, 4) is 5.75 Å². The maximum atomic E-state index is 9.97. The van der Waals surface area contributed by atoms with Crippen molar-refractivity contribution in [2.45, 2.75) is 31.7 Å². The molecule has 0 bridgehead atoms. The molecule has 6 nitrogen and oxygen atoms in total. The second-order valence-corrected chi connectivity index (χ2v) is 6.20. The largest absolute Gasteiger partial charge is 0.493 e. The Morgan fingerprint density at radius 1 is 1.38 bits per heavy atom. The average molecular weight is 331 g/mol. The van der Waals surface area contributed by atoms with Gasteiger partial charge in [-0.1, -0.05) is 18.2 Å². The predicted molar refractivity (Wildman–Crippen MR) is 90.9 cm³/mol. The minimum atomic E-state index is -0.418. The maximum absolute atomic E-state index is 9.97. The number of rotatable bonds is 8. The fraction of sp³-hybridized carbons (Fsp3) is 0.500. The summed E-state index contributed by atoms with van der Waals surface area (Å²) in [6.07, 6.45) is 6.07. The standard InChI is InChI=1S/C18H25N3O3/c1-20(16-12-23-13-17(16)22)11-15-5-2-3-6-18(15)24-10-4-8-21-9-7-19-14-21/h2-3,5-7,9,14,16-17,22H,4,8,10-13H2,1H3/t16-,17-/m1/s1. The summed E-state index contributed by atoms with van der Waals surface area (Å²) in [5.41, 5.74) is 1.13. The van der Waals surface area contributed by atoms with Crippen LogP contribution in [0.2, 0.25) is 0 Å². The highest BCUT2D eigenvalue weighted by Gasteiger charge is 2.29. The van der Waals surface area contributed by atoms with Gasteiger partial charge in [-0.3, -0.25) is 4.90 Å². The molecule has 1 N–H and O–H groups in total. The van der Waals surface area contributed by atoms with E-state index >= 15 is 0 Å². The summed E-state index contributed by atoms with van der Waals surface area (Å²) >= 11 is 0. The minimum Gasteiger partial charge on any atom is -0.493 e. The zero-order chi connectivity index (χ0) is 16.8. The van der Waals surface area contributed by atoms with E-state index in [9.17, 15) is 5.11 Å². The predicted octanol–water partition coefficient (Wildman–Crippen LogP) is 1.54. The van der Waals surface area contributed by atoms with Crippen molar-refractivity contribution in [2.75, 3.05) is 26.9 Å². The molecular formula is C18H25N3O3. The number of aryl methyl sites for hydroxylation is 1. The number of para-hydroxylation sites is 1. The van der Waals surface area contributed by atoms with Gasteiger partial charge >= 0.3 is 0 Å². The van der Waals surface area contributed by atoms with Crippen molar-refractivity contribution in [1.82, 2.24) is 14.5 Å². The van der Waals surface area contributed by atoms with E-state index < -0.39 is 6.10 Å². The lowest BCUT2D eigenvalue weighted by Crippen LogP contribution is -2.40. The summed E-state index contributed by atoms with van der Waals surface area (Å²) in [7, 11) is 2.01. The summed E-state index contributed by atoms with van der Waals surface area (Å²) in [5, 5.41) is 9.97. The molecule has 1 fully saturated rings. The zero-order valence-corrected chi connectivity index (χ0v) is 14.0. The molecule has 1 saturated heterocycles. The van der Waals surface area contributed by atoms with Gasteiger partial charge in [-0.05, 0) is 19.5 Å². The highest BCUT2D eigenvalue weighted by atomic mass is 16.5. The molecule has 130 valence electrons. The topological polar surface area (TPSA) is 59.8 Å². The number of imidazole rings is 1. The summed E-state index contributed by atoms with van der Waals surface area (Å²) in [5.74, 6) is 0.906. The molecule has 1 aromatic carbocycles. The van der Waals surface area contributed by atoms with Gasteiger partial charge in [0.25, 0.3) is 0 Å². The number of likely N-dealkylation sites (N-methyl/N-ethyl adjacent to an activating group) is 1. The number of ether oxygens (including phenoxy) is 2. The molecule has 0 amide bonds. The third kappa shape index (κ3) is 4.35. The molecule has 1 aliphatic heterocycles. The van der Waals surface area contributed by atoms with Crippen LogP contribution in [0.1, 0.15) is 12.0 Å². The van der Waals surface area contributed by atoms with Crippen molar-refractivity contribution < 1.29 is 14.6 Å². The number of aliphatic hydroxyl groups is 1. The van der Waals surface area contributed by atoms with Crippen LogP contribution in [0.25, 0.3) is 0 Å². The monoisotopic (exact) mass is 331 g/mol. The molecule has 3 rings (SSSR count). The van der Waals surface area contributed by atoms with Gasteiger partial charge in [-0.25, -0.2) is 4.98 Å². The molecule has 1 aromatic heterocycles. The van der Waals surface area contributed by atoms with Crippen LogP contribution in [0.15, 0.2) is 43.0 Å². The SMILES string of the molecule is CN(Cc1ccccc1OCCCn1ccnc1)[C@@H]1COC[C@H]1O. The molecular weight excluding hydrogens is 306 g/mol. The third-order valence-corrected chi connectivity index (χ3v) is 4.36. The lowest BCUT2D eigenvalue weighted by molar-refractivity contribution is 0.0920. The Morgan fingerprint density at radius 3 is 3.00 bits per heavy atom. The number of aliphatic hydroxyl groups excluding tert-OH is 1. The number of hydrogen-bond acceptors (Lipinski definition) is 5. The lowest BCUT2D eigenvalue weighted by Gasteiger charge is -2.26. The highest BCUT2D eigenvalue weighted by molar-refractivity contribution is 5.33. The van der Waals surface area contributed by atoms with E-state index in [2.05, 4.69) is 16.0 Å². The quantitative estimate of drug-likeness (QED) is 0.744. The lowest BCUT2D eigenvalue weighted by atomic mass is 10.1. The molecule has 6 heteroatoms. The highest BCUT2D eigenvalue weighted by Crippen LogP contribution is 2.22. The number of benzene rings is 1. The van der Waals surface area contributed by atoms with E-state index in [4.69, 9.17) is 9.47 Å². The first-order valence-electron chi connectivity index (χ1n) is 8.36. The molecule has 0 radical (unpaired) electrons. The first kappa shape index (κ1) is 17.0. The molecule has 2 heterocycles. The molecule has 2 aromatic rings. The Hall–Kier alpha value is -1.89. The van der Waals surface area contributed by atoms with Crippen molar-refractivity contribution in [3.63, 3.8) is 0 Å². The second-order valence-electron chi connectivity index (χ2n) is 6.20. The average Bonchev–Trinajstić information content (AvgIpc) is 3.24. The summed E-state index contributed by atoms with van der Waals surface area (Å²) < 4.78 is 13.4. The Morgan fingerprint density at radius 2 is 2.25 bits per heavy atom. The third-order valence-electron chi connectivity index (χ3n) is 4.36. The van der Waals surface area contributed by atoms with Crippen LogP contribution in [0.4, 0.5) is 0 Å². The van der Waals surface area contributed by atoms with E-state index in [1.165, 1.54) is 0 Å². The van der Waals surface area contributed by atoms with Crippen LogP contribution in [-0.4, -0.2) is 58.6 Å². The molecule has 0 spiro atoms. The first-order valence-corrected chi connectivity index (χ1v) is 8.36. The molecule has 0 saturated carbocycles. The molecule has 1 aliphatic rings. The van der Waals surface area contributed by atoms with Gasteiger partial charge in [-0.2, -0.15) is 0 Å². The summed E-state index contributed by atoms with van der Waals surface area (Å²) in [6, 6.07) is 8.12. The normalized spacial score (nSPS) is 20.6. The van der Waals surface area contributed by atoms with Gasteiger partial charge in [0.1, 0.15) is 5.75 Å². The van der Waals surface area contributed by atoms with Gasteiger partial charge < -0.3 is 19.1 Å².